The van der Waals surface area contributed by atoms with E-state index in [0.717, 1.165) is 18.9 Å². The van der Waals surface area contributed by atoms with Crippen LogP contribution in [0.25, 0.3) is 11.5 Å². The molecule has 0 radical (unpaired) electrons. The molecule has 1 unspecified atom stereocenters. The Morgan fingerprint density at radius 2 is 2.28 bits per heavy atom. The average molecular weight is 250 g/mol. The summed E-state index contributed by atoms with van der Waals surface area (Å²) >= 11 is 0. The van der Waals surface area contributed by atoms with Gasteiger partial charge in [0.2, 0.25) is 5.82 Å². The van der Waals surface area contributed by atoms with Crippen molar-refractivity contribution in [2.75, 3.05) is 6.61 Å². The van der Waals surface area contributed by atoms with Crippen LogP contribution in [0.5, 0.6) is 5.75 Å². The largest absolute Gasteiger partial charge is 0.507 e. The second-order valence-corrected chi connectivity index (χ2v) is 4.12. The third-order valence-electron chi connectivity index (χ3n) is 2.85. The Balaban J connectivity index is 1.92. The van der Waals surface area contributed by atoms with Crippen LogP contribution in [0.4, 0.5) is 4.39 Å². The van der Waals surface area contributed by atoms with Gasteiger partial charge in [0.05, 0.1) is 5.56 Å². The first-order valence-corrected chi connectivity index (χ1v) is 5.68. The van der Waals surface area contributed by atoms with Gasteiger partial charge in [-0.25, -0.2) is 4.39 Å². The van der Waals surface area contributed by atoms with Crippen molar-refractivity contribution >= 4 is 0 Å². The molecule has 1 aliphatic heterocycles. The van der Waals surface area contributed by atoms with Crippen molar-refractivity contribution in [1.82, 2.24) is 10.1 Å². The number of hydrogen-bond acceptors (Lipinski definition) is 5. The highest BCUT2D eigenvalue weighted by molar-refractivity contribution is 5.61. The molecule has 1 atom stereocenters. The molecule has 0 amide bonds. The molecular formula is C12H11FN2O3. The van der Waals surface area contributed by atoms with Crippen molar-refractivity contribution in [3.63, 3.8) is 0 Å². The average Bonchev–Trinajstić information content (AvgIpc) is 2.99. The van der Waals surface area contributed by atoms with Crippen molar-refractivity contribution in [2.45, 2.75) is 18.9 Å². The lowest BCUT2D eigenvalue weighted by Gasteiger charge is -2.01. The van der Waals surface area contributed by atoms with Gasteiger partial charge in [-0.15, -0.1) is 0 Å². The van der Waals surface area contributed by atoms with Crippen molar-refractivity contribution in [3.05, 3.63) is 29.8 Å². The van der Waals surface area contributed by atoms with Gasteiger partial charge in [0.15, 0.2) is 0 Å². The number of nitrogens with zero attached hydrogens (tertiary/aromatic N) is 2. The van der Waals surface area contributed by atoms with E-state index in [1.54, 1.807) is 0 Å². The minimum atomic E-state index is -0.518. The summed E-state index contributed by atoms with van der Waals surface area (Å²) in [5.74, 6) is -0.114. The molecule has 5 nitrogen and oxygen atoms in total. The van der Waals surface area contributed by atoms with Gasteiger partial charge in [0, 0.05) is 12.7 Å². The predicted molar refractivity (Wildman–Crippen MR) is 59.3 cm³/mol. The van der Waals surface area contributed by atoms with Crippen molar-refractivity contribution in [3.8, 4) is 17.2 Å². The van der Waals surface area contributed by atoms with E-state index in [2.05, 4.69) is 10.1 Å². The highest BCUT2D eigenvalue weighted by atomic mass is 19.1. The lowest BCUT2D eigenvalue weighted by atomic mass is 10.2. The highest BCUT2D eigenvalue weighted by Crippen LogP contribution is 2.31. The van der Waals surface area contributed by atoms with E-state index in [9.17, 15) is 9.50 Å². The number of hydrogen-bond donors (Lipinski definition) is 1. The van der Waals surface area contributed by atoms with Crippen molar-refractivity contribution < 1.29 is 18.8 Å². The Morgan fingerprint density at radius 1 is 1.39 bits per heavy atom. The molecule has 1 saturated heterocycles. The topological polar surface area (TPSA) is 68.4 Å². The smallest absolute Gasteiger partial charge is 0.261 e. The molecule has 0 aliphatic carbocycles. The van der Waals surface area contributed by atoms with E-state index in [1.807, 2.05) is 0 Å². The van der Waals surface area contributed by atoms with E-state index < -0.39 is 5.82 Å². The zero-order valence-corrected chi connectivity index (χ0v) is 9.47. The fraction of sp³-hybridized carbons (Fsp3) is 0.333. The Hall–Kier alpha value is -1.95. The van der Waals surface area contributed by atoms with Crippen LogP contribution in [0.3, 0.4) is 0 Å². The second-order valence-electron chi connectivity index (χ2n) is 4.12. The number of aromatic hydroxyl groups is 1. The number of ether oxygens (including phenoxy) is 1. The summed E-state index contributed by atoms with van der Waals surface area (Å²) in [6.07, 6.45) is 1.68. The Morgan fingerprint density at radius 3 is 3.00 bits per heavy atom. The lowest BCUT2D eigenvalue weighted by molar-refractivity contribution is 0.103. The van der Waals surface area contributed by atoms with Gasteiger partial charge in [-0.05, 0) is 25.0 Å². The van der Waals surface area contributed by atoms with Crippen LogP contribution >= 0.6 is 0 Å². The van der Waals surface area contributed by atoms with Crippen LogP contribution in [0, 0.1) is 5.82 Å². The maximum absolute atomic E-state index is 12.9. The molecule has 1 aliphatic rings. The van der Waals surface area contributed by atoms with Gasteiger partial charge in [-0.3, -0.25) is 0 Å². The maximum Gasteiger partial charge on any atom is 0.261 e. The van der Waals surface area contributed by atoms with Gasteiger partial charge >= 0.3 is 0 Å². The molecule has 0 spiro atoms. The molecule has 2 aromatic rings. The summed E-state index contributed by atoms with van der Waals surface area (Å²) in [5.41, 5.74) is 0.313. The van der Waals surface area contributed by atoms with Gasteiger partial charge < -0.3 is 14.4 Å². The van der Waals surface area contributed by atoms with Crippen LogP contribution in [0.15, 0.2) is 22.7 Å². The summed E-state index contributed by atoms with van der Waals surface area (Å²) < 4.78 is 23.4. The molecule has 0 saturated carbocycles. The molecule has 1 aromatic carbocycles. The Bertz CT molecular complexity index is 564. The standard InChI is InChI=1S/C12H11FN2O3/c13-7-3-4-8(9(16)6-7)12-14-11(15-18-12)10-2-1-5-17-10/h3-4,6,10,16H,1-2,5H2. The summed E-state index contributed by atoms with van der Waals surface area (Å²) in [6, 6.07) is 3.63. The number of phenols is 1. The minimum absolute atomic E-state index is 0.148. The quantitative estimate of drug-likeness (QED) is 0.886. The number of aromatic nitrogens is 2. The summed E-state index contributed by atoms with van der Waals surface area (Å²) in [7, 11) is 0. The number of benzene rings is 1. The van der Waals surface area contributed by atoms with E-state index in [0.29, 0.717) is 18.0 Å². The molecule has 1 N–H and O–H groups in total. The zero-order chi connectivity index (χ0) is 12.5. The van der Waals surface area contributed by atoms with Crippen molar-refractivity contribution in [1.29, 1.82) is 0 Å². The molecule has 1 aromatic heterocycles. The molecule has 94 valence electrons. The Kier molecular flexibility index (Phi) is 2.71. The summed E-state index contributed by atoms with van der Waals surface area (Å²) in [6.45, 7) is 0.691. The Labute approximate surface area is 102 Å². The number of rotatable bonds is 2. The van der Waals surface area contributed by atoms with E-state index in [1.165, 1.54) is 12.1 Å². The first kappa shape index (κ1) is 11.2. The van der Waals surface area contributed by atoms with Crippen LogP contribution in [0.2, 0.25) is 0 Å². The van der Waals surface area contributed by atoms with E-state index in [-0.39, 0.29) is 17.7 Å². The lowest BCUT2D eigenvalue weighted by Crippen LogP contribution is -1.97. The number of halogens is 1. The first-order valence-electron chi connectivity index (χ1n) is 5.68. The fourth-order valence-corrected chi connectivity index (χ4v) is 1.94. The predicted octanol–water partition coefficient (Wildman–Crippen LogP) is 2.43. The van der Waals surface area contributed by atoms with Gasteiger partial charge in [-0.2, -0.15) is 4.98 Å². The molecule has 0 bridgehead atoms. The van der Waals surface area contributed by atoms with Gasteiger partial charge in [0.1, 0.15) is 17.7 Å². The molecule has 2 heterocycles. The third kappa shape index (κ3) is 1.95. The SMILES string of the molecule is Oc1cc(F)ccc1-c1nc(C2CCCO2)no1. The molecule has 3 rings (SSSR count). The molecular weight excluding hydrogens is 239 g/mol. The van der Waals surface area contributed by atoms with Crippen LogP contribution in [0.1, 0.15) is 24.8 Å². The van der Waals surface area contributed by atoms with E-state index in [4.69, 9.17) is 9.26 Å². The normalized spacial score (nSPS) is 19.3. The first-order chi connectivity index (χ1) is 8.74. The summed E-state index contributed by atoms with van der Waals surface area (Å²) in [4.78, 5) is 4.17. The van der Waals surface area contributed by atoms with Gasteiger partial charge in [-0.1, -0.05) is 5.16 Å². The van der Waals surface area contributed by atoms with Crippen LogP contribution in [-0.2, 0) is 4.74 Å². The molecule has 1 fully saturated rings. The zero-order valence-electron chi connectivity index (χ0n) is 9.47. The molecule has 6 heteroatoms. The van der Waals surface area contributed by atoms with Gasteiger partial charge in [0.25, 0.3) is 5.89 Å². The fourth-order valence-electron chi connectivity index (χ4n) is 1.94. The molecule has 18 heavy (non-hydrogen) atoms. The minimum Gasteiger partial charge on any atom is -0.507 e. The van der Waals surface area contributed by atoms with E-state index >= 15 is 0 Å². The highest BCUT2D eigenvalue weighted by Gasteiger charge is 2.24. The van der Waals surface area contributed by atoms with Crippen LogP contribution in [-0.4, -0.2) is 21.9 Å². The maximum atomic E-state index is 12.9. The summed E-state index contributed by atoms with van der Waals surface area (Å²) in [5, 5.41) is 13.4. The van der Waals surface area contributed by atoms with Crippen LogP contribution < -0.4 is 0 Å². The van der Waals surface area contributed by atoms with Crippen molar-refractivity contribution in [2.24, 2.45) is 0 Å². The number of phenolic OH excluding ortho intramolecular Hbond substituents is 1. The monoisotopic (exact) mass is 250 g/mol. The second kappa shape index (κ2) is 4.38. The third-order valence-corrected chi connectivity index (χ3v) is 2.85.